The molecule has 0 aliphatic rings. The molecule has 1 amide bonds. The second kappa shape index (κ2) is 7.79. The summed E-state index contributed by atoms with van der Waals surface area (Å²) < 4.78 is 13.5. The lowest BCUT2D eigenvalue weighted by atomic mass is 10.0. The monoisotopic (exact) mass is 421 g/mol. The highest BCUT2D eigenvalue weighted by molar-refractivity contribution is 7.21. The van der Waals surface area contributed by atoms with E-state index < -0.39 is 5.95 Å². The number of aromatic nitrogens is 3. The number of pyridine rings is 1. The molecule has 0 spiro atoms. The molecule has 0 aliphatic carbocycles. The van der Waals surface area contributed by atoms with Crippen molar-refractivity contribution in [1.29, 1.82) is 0 Å². The first-order chi connectivity index (χ1) is 14.3. The minimum atomic E-state index is -0.502. The lowest BCUT2D eigenvalue weighted by molar-refractivity contribution is 0.0956. The number of carbonyl (C=O) groups excluding carboxylic acids is 1. The third kappa shape index (κ3) is 3.73. The number of hydrogen-bond acceptors (Lipinski definition) is 6. The number of rotatable bonds is 4. The van der Waals surface area contributed by atoms with Gasteiger partial charge < -0.3 is 11.1 Å². The van der Waals surface area contributed by atoms with Crippen molar-refractivity contribution in [3.8, 4) is 11.1 Å². The van der Waals surface area contributed by atoms with E-state index in [9.17, 15) is 9.18 Å². The smallest absolute Gasteiger partial charge is 0.263 e. The van der Waals surface area contributed by atoms with Crippen LogP contribution in [0.2, 0.25) is 0 Å². The van der Waals surface area contributed by atoms with Crippen molar-refractivity contribution < 1.29 is 9.18 Å². The Morgan fingerprint density at radius 1 is 1.10 bits per heavy atom. The molecular weight excluding hydrogens is 401 g/mol. The number of nitrogens with two attached hydrogens (primary N) is 1. The fourth-order valence-corrected chi connectivity index (χ4v) is 4.30. The number of nitrogens with one attached hydrogen (secondary N) is 1. The second-order valence-electron chi connectivity index (χ2n) is 7.13. The molecule has 0 bridgehead atoms. The topological polar surface area (TPSA) is 93.8 Å². The summed E-state index contributed by atoms with van der Waals surface area (Å²) >= 11 is 1.24. The highest BCUT2D eigenvalue weighted by atomic mass is 32.1. The van der Waals surface area contributed by atoms with Crippen LogP contribution in [-0.2, 0) is 6.54 Å². The van der Waals surface area contributed by atoms with Gasteiger partial charge in [0.25, 0.3) is 5.91 Å². The van der Waals surface area contributed by atoms with Gasteiger partial charge in [-0.3, -0.25) is 4.79 Å². The normalized spacial score (nSPS) is 11.1. The van der Waals surface area contributed by atoms with Gasteiger partial charge in [-0.1, -0.05) is 24.3 Å². The number of amides is 1. The van der Waals surface area contributed by atoms with E-state index in [1.807, 2.05) is 44.2 Å². The zero-order valence-electron chi connectivity index (χ0n) is 16.8. The van der Waals surface area contributed by atoms with E-state index in [0.29, 0.717) is 27.6 Å². The van der Waals surface area contributed by atoms with E-state index in [2.05, 4.69) is 20.5 Å². The molecule has 6 nitrogen and oxygen atoms in total. The standard InChI is InChI=1S/C22H20FN5OS/c1-11-8-16(9-17(23)26-11)15-6-4-14(5-7-15)10-25-21(29)20-19(24)18-12(2)13(3)27-28-22(18)30-20/h4-9H,10,24H2,1-3H3,(H,25,29). The van der Waals surface area contributed by atoms with Gasteiger partial charge in [0.1, 0.15) is 9.71 Å². The highest BCUT2D eigenvalue weighted by Gasteiger charge is 2.19. The molecule has 4 rings (SSSR count). The molecule has 152 valence electrons. The summed E-state index contributed by atoms with van der Waals surface area (Å²) in [5, 5.41) is 12.0. The van der Waals surface area contributed by atoms with E-state index in [1.165, 1.54) is 17.4 Å². The molecule has 0 aliphatic heterocycles. The maximum Gasteiger partial charge on any atom is 0.263 e. The largest absolute Gasteiger partial charge is 0.397 e. The third-order valence-electron chi connectivity index (χ3n) is 5.00. The Morgan fingerprint density at radius 3 is 2.53 bits per heavy atom. The number of fused-ring (bicyclic) bond motifs is 1. The van der Waals surface area contributed by atoms with Crippen LogP contribution < -0.4 is 11.1 Å². The van der Waals surface area contributed by atoms with Crippen molar-refractivity contribution >= 4 is 33.1 Å². The molecule has 30 heavy (non-hydrogen) atoms. The van der Waals surface area contributed by atoms with Crippen LogP contribution in [0.3, 0.4) is 0 Å². The Labute approximate surface area is 177 Å². The number of halogens is 1. The van der Waals surface area contributed by atoms with Crippen LogP contribution in [0.1, 0.15) is 32.2 Å². The van der Waals surface area contributed by atoms with E-state index >= 15 is 0 Å². The first-order valence-electron chi connectivity index (χ1n) is 9.37. The first-order valence-corrected chi connectivity index (χ1v) is 10.2. The fraction of sp³-hybridized carbons (Fsp3) is 0.182. The molecule has 1 aromatic carbocycles. The van der Waals surface area contributed by atoms with Gasteiger partial charge in [0.2, 0.25) is 5.95 Å². The number of nitrogens with zero attached hydrogens (tertiary/aromatic N) is 3. The molecule has 0 saturated heterocycles. The Morgan fingerprint density at radius 2 is 1.83 bits per heavy atom. The minimum absolute atomic E-state index is 0.247. The predicted octanol–water partition coefficient (Wildman–Crippen LogP) is 4.33. The van der Waals surface area contributed by atoms with Crippen molar-refractivity contribution in [2.75, 3.05) is 5.73 Å². The summed E-state index contributed by atoms with van der Waals surface area (Å²) in [4.78, 5) is 17.5. The fourth-order valence-electron chi connectivity index (χ4n) is 3.28. The third-order valence-corrected chi connectivity index (χ3v) is 6.09. The van der Waals surface area contributed by atoms with Crippen LogP contribution in [0, 0.1) is 26.7 Å². The lowest BCUT2D eigenvalue weighted by Gasteiger charge is -2.07. The van der Waals surface area contributed by atoms with Crippen molar-refractivity contribution in [3.63, 3.8) is 0 Å². The SMILES string of the molecule is Cc1cc(-c2ccc(CNC(=O)c3sc4nnc(C)c(C)c4c3N)cc2)cc(F)n1. The van der Waals surface area contributed by atoms with Crippen LogP contribution in [-0.4, -0.2) is 21.1 Å². The zero-order chi connectivity index (χ0) is 21.4. The number of benzene rings is 1. The average molecular weight is 422 g/mol. The van der Waals surface area contributed by atoms with E-state index in [-0.39, 0.29) is 5.91 Å². The summed E-state index contributed by atoms with van der Waals surface area (Å²) in [6.07, 6.45) is 0. The van der Waals surface area contributed by atoms with Crippen LogP contribution in [0.15, 0.2) is 36.4 Å². The zero-order valence-corrected chi connectivity index (χ0v) is 17.6. The number of thiophene rings is 1. The molecule has 3 aromatic heterocycles. The molecule has 0 saturated carbocycles. The van der Waals surface area contributed by atoms with Gasteiger partial charge in [-0.15, -0.1) is 16.4 Å². The molecular formula is C22H20FN5OS. The molecule has 0 radical (unpaired) electrons. The lowest BCUT2D eigenvalue weighted by Crippen LogP contribution is -2.22. The van der Waals surface area contributed by atoms with E-state index in [1.54, 1.807) is 6.92 Å². The van der Waals surface area contributed by atoms with Crippen LogP contribution in [0.4, 0.5) is 10.1 Å². The van der Waals surface area contributed by atoms with Gasteiger partial charge in [0, 0.05) is 23.7 Å². The number of hydrogen-bond donors (Lipinski definition) is 2. The second-order valence-corrected chi connectivity index (χ2v) is 8.13. The molecule has 0 unspecified atom stereocenters. The number of carbonyl (C=O) groups is 1. The van der Waals surface area contributed by atoms with Crippen LogP contribution in [0.25, 0.3) is 21.3 Å². The van der Waals surface area contributed by atoms with Gasteiger partial charge >= 0.3 is 0 Å². The number of anilines is 1. The number of aryl methyl sites for hydroxylation is 3. The Bertz CT molecular complexity index is 1250. The summed E-state index contributed by atoms with van der Waals surface area (Å²) in [5.74, 6) is -0.749. The molecule has 3 N–H and O–H groups in total. The molecule has 0 atom stereocenters. The van der Waals surface area contributed by atoms with Gasteiger partial charge in [-0.2, -0.15) is 9.49 Å². The molecule has 0 fully saturated rings. The maximum atomic E-state index is 13.5. The van der Waals surface area contributed by atoms with E-state index in [0.717, 1.165) is 33.3 Å². The van der Waals surface area contributed by atoms with E-state index in [4.69, 9.17) is 5.73 Å². The number of nitrogen functional groups attached to an aromatic ring is 1. The van der Waals surface area contributed by atoms with Gasteiger partial charge in [-0.05, 0) is 49.1 Å². The quantitative estimate of drug-likeness (QED) is 0.479. The molecule has 8 heteroatoms. The van der Waals surface area contributed by atoms with Gasteiger partial charge in [-0.25, -0.2) is 4.98 Å². The molecule has 4 aromatic rings. The van der Waals surface area contributed by atoms with Crippen molar-refractivity contribution in [3.05, 3.63) is 69.7 Å². The summed E-state index contributed by atoms with van der Waals surface area (Å²) in [5.41, 5.74) is 11.6. The molecule has 3 heterocycles. The average Bonchev–Trinajstić information content (AvgIpc) is 3.06. The Kier molecular flexibility index (Phi) is 5.17. The van der Waals surface area contributed by atoms with Crippen molar-refractivity contribution in [1.82, 2.24) is 20.5 Å². The van der Waals surface area contributed by atoms with Crippen LogP contribution in [0.5, 0.6) is 0 Å². The van der Waals surface area contributed by atoms with Crippen molar-refractivity contribution in [2.45, 2.75) is 27.3 Å². The first kappa shape index (κ1) is 19.9. The maximum absolute atomic E-state index is 13.5. The summed E-state index contributed by atoms with van der Waals surface area (Å²) in [7, 11) is 0. The van der Waals surface area contributed by atoms with Crippen molar-refractivity contribution in [2.24, 2.45) is 0 Å². The summed E-state index contributed by atoms with van der Waals surface area (Å²) in [6, 6.07) is 10.8. The van der Waals surface area contributed by atoms with Gasteiger partial charge in [0.05, 0.1) is 11.4 Å². The minimum Gasteiger partial charge on any atom is -0.397 e. The highest BCUT2D eigenvalue weighted by Crippen LogP contribution is 2.34. The Hall–Kier alpha value is -3.39. The van der Waals surface area contributed by atoms with Crippen LogP contribution >= 0.6 is 11.3 Å². The predicted molar refractivity (Wildman–Crippen MR) is 117 cm³/mol. The Balaban J connectivity index is 1.50. The van der Waals surface area contributed by atoms with Gasteiger partial charge in [0.15, 0.2) is 0 Å². The summed E-state index contributed by atoms with van der Waals surface area (Å²) in [6.45, 7) is 5.89.